The van der Waals surface area contributed by atoms with E-state index in [9.17, 15) is 9.59 Å². The first-order valence-electron chi connectivity index (χ1n) is 19.2. The van der Waals surface area contributed by atoms with Gasteiger partial charge in [-0.1, -0.05) is 65.5 Å². The number of carbonyl (C=O) groups is 2. The summed E-state index contributed by atoms with van der Waals surface area (Å²) in [5.41, 5.74) is 2.28. The molecule has 46 heavy (non-hydrogen) atoms. The maximum Gasteiger partial charge on any atom is 0.315 e. The van der Waals surface area contributed by atoms with Crippen molar-refractivity contribution in [1.29, 1.82) is 0 Å². The van der Waals surface area contributed by atoms with Gasteiger partial charge in [0.1, 0.15) is 12.5 Å². The molecule has 264 valence electrons. The summed E-state index contributed by atoms with van der Waals surface area (Å²) >= 11 is 0. The summed E-state index contributed by atoms with van der Waals surface area (Å²) in [6, 6.07) is 0. The number of nitrogens with zero attached hydrogens (tertiary/aromatic N) is 3. The fraction of sp³-hybridized carbons (Fsp3) is 0.900. The third-order valence-corrected chi connectivity index (χ3v) is 13.3. The Morgan fingerprint density at radius 1 is 0.848 bits per heavy atom. The van der Waals surface area contributed by atoms with E-state index >= 15 is 0 Å². The van der Waals surface area contributed by atoms with Gasteiger partial charge < -0.3 is 19.4 Å². The molecule has 0 saturated heterocycles. The van der Waals surface area contributed by atoms with Crippen LogP contribution in [0.1, 0.15) is 125 Å². The Hall–Kier alpha value is -1.40. The molecule has 3 saturated carbocycles. The Kier molecular flexibility index (Phi) is 13.3. The minimum Gasteiger partial charge on any atom is -0.462 e. The van der Waals surface area contributed by atoms with E-state index in [1.54, 1.807) is 5.57 Å². The molecule has 0 heterocycles. The van der Waals surface area contributed by atoms with E-state index in [4.69, 9.17) is 4.74 Å². The van der Waals surface area contributed by atoms with Crippen LogP contribution >= 0.6 is 0 Å². The number of rotatable bonds is 16. The van der Waals surface area contributed by atoms with Crippen LogP contribution in [-0.4, -0.2) is 87.0 Å². The van der Waals surface area contributed by atoms with Gasteiger partial charge in [0, 0.05) is 19.5 Å². The Morgan fingerprint density at radius 2 is 1.52 bits per heavy atom. The van der Waals surface area contributed by atoms with Crippen molar-refractivity contribution in [1.82, 2.24) is 14.7 Å². The lowest BCUT2D eigenvalue weighted by Gasteiger charge is -2.58. The molecule has 0 unspecified atom stereocenters. The van der Waals surface area contributed by atoms with Crippen molar-refractivity contribution < 1.29 is 14.3 Å². The summed E-state index contributed by atoms with van der Waals surface area (Å²) in [7, 11) is 8.22. The highest BCUT2D eigenvalue weighted by Crippen LogP contribution is 2.67. The Morgan fingerprint density at radius 3 is 2.15 bits per heavy atom. The summed E-state index contributed by atoms with van der Waals surface area (Å²) < 4.78 is 6.06. The maximum absolute atomic E-state index is 13.2. The highest BCUT2D eigenvalue weighted by molar-refractivity contribution is 5.94. The summed E-state index contributed by atoms with van der Waals surface area (Å²) in [6.07, 6.45) is 18.0. The standard InChI is InChI=1S/C40H71N3O3/c1-29(2)13-10-14-30(3)34-17-18-35-33-16-15-31-27-32(19-21-39(31,4)36(33)20-22-40(34,35)5)46-38(45)28-37(44)43(25-11-23-41(6)7)26-12-24-42(8)9/h15,29-30,32-36H,10-14,16-28H2,1-9H3/t30-,32+,33+,34-,35+,36+,39+,40-/m1/s1. The minimum atomic E-state index is -0.342. The molecule has 4 aliphatic rings. The third-order valence-electron chi connectivity index (χ3n) is 13.3. The first-order chi connectivity index (χ1) is 21.7. The molecule has 3 fully saturated rings. The van der Waals surface area contributed by atoms with Gasteiger partial charge >= 0.3 is 5.97 Å². The SMILES string of the molecule is CC(C)CCC[C@@H](C)[C@H]1CC[C@H]2[C@@H]3CC=C4C[C@@H](OC(=O)CC(=O)N(CCCN(C)C)CCCN(C)C)CC[C@]4(C)[C@H]3CC[C@]12C. The number of fused-ring (bicyclic) bond motifs is 5. The summed E-state index contributed by atoms with van der Waals surface area (Å²) in [5, 5.41) is 0. The lowest BCUT2D eigenvalue weighted by atomic mass is 9.47. The van der Waals surface area contributed by atoms with E-state index in [2.05, 4.69) is 78.7 Å². The molecule has 0 aromatic carbocycles. The molecule has 4 rings (SSSR count). The smallest absolute Gasteiger partial charge is 0.315 e. The number of esters is 1. The summed E-state index contributed by atoms with van der Waals surface area (Å²) in [6.45, 7) is 15.7. The van der Waals surface area contributed by atoms with Crippen LogP contribution in [0.2, 0.25) is 0 Å². The van der Waals surface area contributed by atoms with Gasteiger partial charge in [-0.2, -0.15) is 0 Å². The van der Waals surface area contributed by atoms with E-state index in [0.29, 0.717) is 18.5 Å². The van der Waals surface area contributed by atoms with Crippen molar-refractivity contribution in [3.8, 4) is 0 Å². The lowest BCUT2D eigenvalue weighted by molar-refractivity contribution is -0.155. The topological polar surface area (TPSA) is 53.1 Å². The van der Waals surface area contributed by atoms with Crippen molar-refractivity contribution in [3.63, 3.8) is 0 Å². The quantitative estimate of drug-likeness (QED) is 0.0970. The number of amides is 1. The Labute approximate surface area is 283 Å². The van der Waals surface area contributed by atoms with Gasteiger partial charge in [-0.25, -0.2) is 0 Å². The monoisotopic (exact) mass is 642 g/mol. The van der Waals surface area contributed by atoms with E-state index in [0.717, 1.165) is 80.7 Å². The Bertz CT molecular complexity index is 1020. The molecule has 0 bridgehead atoms. The van der Waals surface area contributed by atoms with Gasteiger partial charge in [-0.15, -0.1) is 0 Å². The predicted molar refractivity (Wildman–Crippen MR) is 190 cm³/mol. The second-order valence-electron chi connectivity index (χ2n) is 17.5. The van der Waals surface area contributed by atoms with Crippen molar-refractivity contribution in [3.05, 3.63) is 11.6 Å². The summed E-state index contributed by atoms with van der Waals surface area (Å²) in [4.78, 5) is 32.5. The van der Waals surface area contributed by atoms with Gasteiger partial charge in [0.05, 0.1) is 0 Å². The largest absolute Gasteiger partial charge is 0.462 e. The average Bonchev–Trinajstić information content (AvgIpc) is 3.33. The van der Waals surface area contributed by atoms with Gasteiger partial charge in [-0.05, 0) is 145 Å². The summed E-state index contributed by atoms with van der Waals surface area (Å²) in [5.74, 6) is 4.55. The zero-order valence-electron chi connectivity index (χ0n) is 31.4. The van der Waals surface area contributed by atoms with Crippen LogP contribution in [0.15, 0.2) is 11.6 Å². The molecule has 0 N–H and O–H groups in total. The second kappa shape index (κ2) is 16.3. The van der Waals surface area contributed by atoms with E-state index in [1.807, 2.05) is 4.90 Å². The highest BCUT2D eigenvalue weighted by atomic mass is 16.5. The predicted octanol–water partition coefficient (Wildman–Crippen LogP) is 8.06. The van der Waals surface area contributed by atoms with Crippen molar-refractivity contribution >= 4 is 11.9 Å². The fourth-order valence-corrected chi connectivity index (χ4v) is 10.7. The van der Waals surface area contributed by atoms with Crippen molar-refractivity contribution in [2.45, 2.75) is 131 Å². The molecule has 0 radical (unpaired) electrons. The number of hydrogen-bond donors (Lipinski definition) is 0. The molecule has 8 atom stereocenters. The second-order valence-corrected chi connectivity index (χ2v) is 17.5. The molecular weight excluding hydrogens is 570 g/mol. The zero-order valence-corrected chi connectivity index (χ0v) is 31.4. The van der Waals surface area contributed by atoms with Gasteiger partial charge in [-0.3, -0.25) is 9.59 Å². The first kappa shape index (κ1) is 37.4. The van der Waals surface area contributed by atoms with Crippen LogP contribution in [0.5, 0.6) is 0 Å². The number of hydrogen-bond acceptors (Lipinski definition) is 5. The Balaban J connectivity index is 1.32. The molecule has 0 spiro atoms. The number of allylic oxidation sites excluding steroid dienone is 1. The third kappa shape index (κ3) is 8.98. The molecule has 1 amide bonds. The van der Waals surface area contributed by atoms with Crippen molar-refractivity contribution in [2.75, 3.05) is 54.4 Å². The molecule has 0 aliphatic heterocycles. The lowest BCUT2D eigenvalue weighted by Crippen LogP contribution is -2.51. The van der Waals surface area contributed by atoms with Crippen LogP contribution in [0.4, 0.5) is 0 Å². The molecule has 0 aromatic heterocycles. The van der Waals surface area contributed by atoms with Crippen LogP contribution in [-0.2, 0) is 14.3 Å². The molecule has 0 aromatic rings. The van der Waals surface area contributed by atoms with Crippen molar-refractivity contribution in [2.24, 2.45) is 46.3 Å². The van der Waals surface area contributed by atoms with E-state index in [-0.39, 0.29) is 29.8 Å². The van der Waals surface area contributed by atoms with Crippen LogP contribution < -0.4 is 0 Å². The van der Waals surface area contributed by atoms with E-state index < -0.39 is 0 Å². The van der Waals surface area contributed by atoms with Gasteiger partial charge in [0.2, 0.25) is 5.91 Å². The molecule has 6 nitrogen and oxygen atoms in total. The molecule has 6 heteroatoms. The number of carbonyl (C=O) groups excluding carboxylic acids is 2. The van der Waals surface area contributed by atoms with Gasteiger partial charge in [0.15, 0.2) is 0 Å². The fourth-order valence-electron chi connectivity index (χ4n) is 10.7. The van der Waals surface area contributed by atoms with Crippen LogP contribution in [0.3, 0.4) is 0 Å². The van der Waals surface area contributed by atoms with Crippen LogP contribution in [0, 0.1) is 46.3 Å². The zero-order chi connectivity index (χ0) is 33.6. The van der Waals surface area contributed by atoms with Gasteiger partial charge in [0.25, 0.3) is 0 Å². The first-order valence-corrected chi connectivity index (χ1v) is 19.2. The minimum absolute atomic E-state index is 0.0859. The van der Waals surface area contributed by atoms with Crippen LogP contribution in [0.25, 0.3) is 0 Å². The molecule has 4 aliphatic carbocycles. The number of ether oxygens (including phenoxy) is 1. The van der Waals surface area contributed by atoms with E-state index in [1.165, 1.54) is 51.4 Å². The average molecular weight is 642 g/mol. The highest BCUT2D eigenvalue weighted by Gasteiger charge is 2.59. The normalized spacial score (nSPS) is 33.0. The maximum atomic E-state index is 13.2. The molecular formula is C40H71N3O3.